The van der Waals surface area contributed by atoms with Crippen LogP contribution in [0.1, 0.15) is 25.8 Å². The highest BCUT2D eigenvalue weighted by atomic mass is 35.5. The SMILES string of the molecule is CCOc1ccc(CN(C)C(=O)CN2CCC(C)(CN)C2)cc1.Cl. The molecule has 2 rings (SSSR count). The highest BCUT2D eigenvalue weighted by Gasteiger charge is 2.33. The minimum absolute atomic E-state index is 0. The third-order valence-corrected chi connectivity index (χ3v) is 4.57. The van der Waals surface area contributed by atoms with Gasteiger partial charge in [-0.25, -0.2) is 0 Å². The van der Waals surface area contributed by atoms with Gasteiger partial charge in [0.25, 0.3) is 0 Å². The van der Waals surface area contributed by atoms with E-state index in [9.17, 15) is 4.79 Å². The highest BCUT2D eigenvalue weighted by Crippen LogP contribution is 2.28. The predicted molar refractivity (Wildman–Crippen MR) is 99.6 cm³/mol. The maximum Gasteiger partial charge on any atom is 0.236 e. The molecular weight excluding hydrogens is 326 g/mol. The van der Waals surface area contributed by atoms with Crippen LogP contribution in [0.4, 0.5) is 0 Å². The Hall–Kier alpha value is -1.30. The number of likely N-dealkylation sites (tertiary alicyclic amines) is 1. The zero-order valence-electron chi connectivity index (χ0n) is 15.0. The van der Waals surface area contributed by atoms with Crippen LogP contribution in [0.3, 0.4) is 0 Å². The zero-order chi connectivity index (χ0) is 16.9. The van der Waals surface area contributed by atoms with E-state index < -0.39 is 0 Å². The van der Waals surface area contributed by atoms with Crippen molar-refractivity contribution in [2.75, 3.05) is 39.8 Å². The van der Waals surface area contributed by atoms with Crippen molar-refractivity contribution in [2.24, 2.45) is 11.1 Å². The quantitative estimate of drug-likeness (QED) is 0.814. The summed E-state index contributed by atoms with van der Waals surface area (Å²) >= 11 is 0. The molecule has 0 aromatic heterocycles. The first-order valence-electron chi connectivity index (χ1n) is 8.34. The lowest BCUT2D eigenvalue weighted by Crippen LogP contribution is -2.39. The van der Waals surface area contributed by atoms with Crippen molar-refractivity contribution >= 4 is 18.3 Å². The number of hydrogen-bond acceptors (Lipinski definition) is 4. The van der Waals surface area contributed by atoms with Crippen LogP contribution in [0, 0.1) is 5.41 Å². The van der Waals surface area contributed by atoms with Gasteiger partial charge >= 0.3 is 0 Å². The number of halogens is 1. The largest absolute Gasteiger partial charge is 0.494 e. The molecule has 1 heterocycles. The lowest BCUT2D eigenvalue weighted by molar-refractivity contribution is -0.131. The van der Waals surface area contributed by atoms with Gasteiger partial charge < -0.3 is 15.4 Å². The Morgan fingerprint density at radius 3 is 2.58 bits per heavy atom. The second-order valence-electron chi connectivity index (χ2n) is 6.80. The number of nitrogens with two attached hydrogens (primary N) is 1. The van der Waals surface area contributed by atoms with Gasteiger partial charge in [0.2, 0.25) is 5.91 Å². The predicted octanol–water partition coefficient (Wildman–Crippen LogP) is 2.14. The maximum absolute atomic E-state index is 12.4. The van der Waals surface area contributed by atoms with Gasteiger partial charge in [-0.15, -0.1) is 12.4 Å². The Balaban J connectivity index is 0.00000288. The van der Waals surface area contributed by atoms with Gasteiger partial charge in [-0.2, -0.15) is 0 Å². The van der Waals surface area contributed by atoms with Crippen LogP contribution in [0.5, 0.6) is 5.75 Å². The molecule has 2 N–H and O–H groups in total. The van der Waals surface area contributed by atoms with Crippen LogP contribution in [0.2, 0.25) is 0 Å². The van der Waals surface area contributed by atoms with Crippen LogP contribution in [-0.2, 0) is 11.3 Å². The molecular formula is C18H30ClN3O2. The summed E-state index contributed by atoms with van der Waals surface area (Å²) in [4.78, 5) is 16.4. The summed E-state index contributed by atoms with van der Waals surface area (Å²) in [6.07, 6.45) is 1.07. The van der Waals surface area contributed by atoms with Gasteiger partial charge in [0.15, 0.2) is 0 Å². The molecule has 0 radical (unpaired) electrons. The molecule has 1 saturated heterocycles. The molecule has 136 valence electrons. The Bertz CT molecular complexity index is 524. The lowest BCUT2D eigenvalue weighted by Gasteiger charge is -2.24. The van der Waals surface area contributed by atoms with E-state index in [2.05, 4.69) is 11.8 Å². The van der Waals surface area contributed by atoms with E-state index in [1.807, 2.05) is 38.2 Å². The lowest BCUT2D eigenvalue weighted by atomic mass is 9.90. The fraction of sp³-hybridized carbons (Fsp3) is 0.611. The van der Waals surface area contributed by atoms with Gasteiger partial charge in [-0.05, 0) is 49.5 Å². The molecule has 1 aromatic carbocycles. The van der Waals surface area contributed by atoms with Crippen molar-refractivity contribution in [2.45, 2.75) is 26.8 Å². The molecule has 1 aliphatic rings. The van der Waals surface area contributed by atoms with E-state index in [0.29, 0.717) is 26.2 Å². The monoisotopic (exact) mass is 355 g/mol. The van der Waals surface area contributed by atoms with E-state index in [1.54, 1.807) is 4.90 Å². The number of carbonyl (C=O) groups excluding carboxylic acids is 1. The van der Waals surface area contributed by atoms with Crippen LogP contribution in [-0.4, -0.2) is 55.5 Å². The highest BCUT2D eigenvalue weighted by molar-refractivity contribution is 5.85. The Labute approximate surface area is 151 Å². The normalized spacial score (nSPS) is 20.5. The molecule has 6 heteroatoms. The number of rotatable bonds is 7. The first-order chi connectivity index (χ1) is 11.0. The molecule has 5 nitrogen and oxygen atoms in total. The minimum Gasteiger partial charge on any atom is -0.494 e. The maximum atomic E-state index is 12.4. The topological polar surface area (TPSA) is 58.8 Å². The molecule has 24 heavy (non-hydrogen) atoms. The average Bonchev–Trinajstić information content (AvgIpc) is 2.91. The van der Waals surface area contributed by atoms with Crippen LogP contribution in [0.15, 0.2) is 24.3 Å². The first-order valence-corrected chi connectivity index (χ1v) is 8.34. The summed E-state index contributed by atoms with van der Waals surface area (Å²) in [7, 11) is 1.86. The van der Waals surface area contributed by atoms with Crippen molar-refractivity contribution in [3.05, 3.63) is 29.8 Å². The Morgan fingerprint density at radius 1 is 1.38 bits per heavy atom. The van der Waals surface area contributed by atoms with E-state index in [0.717, 1.165) is 30.8 Å². The third-order valence-electron chi connectivity index (χ3n) is 4.57. The standard InChI is InChI=1S/C18H29N3O2.ClH/c1-4-23-16-7-5-15(6-8-16)11-20(3)17(22)12-21-10-9-18(2,13-19)14-21;/h5-8H,4,9-14,19H2,1-3H3;1H. The minimum atomic E-state index is 0. The smallest absolute Gasteiger partial charge is 0.236 e. The molecule has 1 unspecified atom stereocenters. The average molecular weight is 356 g/mol. The summed E-state index contributed by atoms with van der Waals surface area (Å²) in [5.41, 5.74) is 7.09. The molecule has 0 saturated carbocycles. The van der Waals surface area contributed by atoms with Crippen molar-refractivity contribution in [3.63, 3.8) is 0 Å². The molecule has 1 fully saturated rings. The number of amides is 1. The number of hydrogen-bond donors (Lipinski definition) is 1. The van der Waals surface area contributed by atoms with Gasteiger partial charge in [0.05, 0.1) is 13.2 Å². The van der Waals surface area contributed by atoms with Crippen LogP contribution < -0.4 is 10.5 Å². The Morgan fingerprint density at radius 2 is 2.04 bits per heavy atom. The van der Waals surface area contributed by atoms with Gasteiger partial charge in [-0.1, -0.05) is 19.1 Å². The molecule has 0 aliphatic carbocycles. The number of nitrogens with zero attached hydrogens (tertiary/aromatic N) is 2. The van der Waals surface area contributed by atoms with E-state index >= 15 is 0 Å². The second-order valence-corrected chi connectivity index (χ2v) is 6.80. The van der Waals surface area contributed by atoms with Crippen molar-refractivity contribution in [3.8, 4) is 5.75 Å². The fourth-order valence-corrected chi connectivity index (χ4v) is 2.96. The third kappa shape index (κ3) is 5.65. The van der Waals surface area contributed by atoms with Gasteiger partial charge in [0.1, 0.15) is 5.75 Å². The summed E-state index contributed by atoms with van der Waals surface area (Å²) in [5.74, 6) is 1.02. The summed E-state index contributed by atoms with van der Waals surface area (Å²) < 4.78 is 5.43. The summed E-state index contributed by atoms with van der Waals surface area (Å²) in [6, 6.07) is 7.92. The van der Waals surface area contributed by atoms with Crippen LogP contribution >= 0.6 is 12.4 Å². The zero-order valence-corrected chi connectivity index (χ0v) is 15.8. The number of likely N-dealkylation sites (N-methyl/N-ethyl adjacent to an activating group) is 1. The van der Waals surface area contributed by atoms with Crippen molar-refractivity contribution in [1.29, 1.82) is 0 Å². The molecule has 0 spiro atoms. The molecule has 1 atom stereocenters. The van der Waals surface area contributed by atoms with Crippen molar-refractivity contribution in [1.82, 2.24) is 9.80 Å². The van der Waals surface area contributed by atoms with E-state index in [1.165, 1.54) is 0 Å². The first kappa shape index (κ1) is 20.7. The fourth-order valence-electron chi connectivity index (χ4n) is 2.96. The van der Waals surface area contributed by atoms with E-state index in [-0.39, 0.29) is 23.7 Å². The van der Waals surface area contributed by atoms with Gasteiger partial charge in [0, 0.05) is 20.1 Å². The Kier molecular flexibility index (Phi) is 8.00. The number of carbonyl (C=O) groups is 1. The molecule has 0 bridgehead atoms. The van der Waals surface area contributed by atoms with Gasteiger partial charge in [-0.3, -0.25) is 9.69 Å². The molecule has 1 aromatic rings. The number of benzene rings is 1. The van der Waals surface area contributed by atoms with E-state index in [4.69, 9.17) is 10.5 Å². The second kappa shape index (κ2) is 9.25. The number of ether oxygens (including phenoxy) is 1. The molecule has 1 aliphatic heterocycles. The molecule has 1 amide bonds. The van der Waals surface area contributed by atoms with Crippen LogP contribution in [0.25, 0.3) is 0 Å². The van der Waals surface area contributed by atoms with Crippen molar-refractivity contribution < 1.29 is 9.53 Å². The summed E-state index contributed by atoms with van der Waals surface area (Å²) in [6.45, 7) is 8.46. The summed E-state index contributed by atoms with van der Waals surface area (Å²) in [5, 5.41) is 0.